The predicted molar refractivity (Wildman–Crippen MR) is 283 cm³/mol. The number of ketones is 2. The van der Waals surface area contributed by atoms with Crippen LogP contribution in [0, 0.1) is 23.7 Å². The van der Waals surface area contributed by atoms with E-state index in [0.717, 1.165) is 4.90 Å². The van der Waals surface area contributed by atoms with Crippen LogP contribution in [0.3, 0.4) is 0 Å². The highest BCUT2D eigenvalue weighted by Crippen LogP contribution is 2.33. The van der Waals surface area contributed by atoms with E-state index in [-0.39, 0.29) is 42.9 Å². The molecule has 6 rings (SSSR count). The van der Waals surface area contributed by atoms with Gasteiger partial charge in [0, 0.05) is 74.3 Å². The number of aliphatic hydroxyl groups is 3. The molecule has 1 unspecified atom stereocenters. The van der Waals surface area contributed by atoms with Crippen molar-refractivity contribution in [3.8, 4) is 5.75 Å². The maximum atomic E-state index is 15.0. The van der Waals surface area contributed by atoms with Crippen LogP contribution >= 0.6 is 0 Å². The van der Waals surface area contributed by atoms with Gasteiger partial charge in [0.25, 0.3) is 11.8 Å². The van der Waals surface area contributed by atoms with Gasteiger partial charge in [-0.1, -0.05) is 46.5 Å². The third-order valence-electron chi connectivity index (χ3n) is 15.1. The number of hydrogen-bond acceptors (Lipinski definition) is 18. The second kappa shape index (κ2) is 29.0. The number of carbonyl (C=O) groups excluding carboxylic acids is 12. The Morgan fingerprint density at radius 2 is 1.54 bits per heavy atom. The number of Topliss-reactive ketones (excluding diaryl/α,β-unsaturated/α-hetero) is 2. The Kier molecular flexibility index (Phi) is 22.6. The first-order valence-corrected chi connectivity index (χ1v) is 28.6. The van der Waals surface area contributed by atoms with Gasteiger partial charge in [-0.3, -0.25) is 56.9 Å². The van der Waals surface area contributed by atoms with Crippen molar-refractivity contribution in [2.45, 2.75) is 152 Å². The third-order valence-corrected chi connectivity index (χ3v) is 16.6. The number of imide groups is 1. The molecule has 2 saturated heterocycles. The standard InChI is InChI=1S/C53H73N9O18S/c1-4-27(2)34-18-30(64)22-55-48(73)29-16-35-33-12-11-32(79-15-9-7-5-6-8-10-46(72)80-62-44(70)13-14-45(62)71)20-36(33)59-52(35)81(78)26-38(57-43(69)23-56-49(34)74)50(75)58-37(21-42(54)68)53(77)61-24-31(65)19-39(61)51(76)60-47(40(66)17-29)28(3)41(67)25-63/h11-12,20,27-29,31,34,37-39,41,47,59,63,65,67H,4-10,13-19,21-26H2,1-3H3,(H2,54,68)(H,55,73)(H,56,74)(H,57,69)(H,58,75)(H,60,76)/t27-,28-,29+,31+,34-,37-,38-,39-,41-,47-,81?/m0/s1. The van der Waals surface area contributed by atoms with Gasteiger partial charge in [-0.15, -0.1) is 5.06 Å². The highest BCUT2D eigenvalue weighted by molar-refractivity contribution is 7.85. The lowest BCUT2D eigenvalue weighted by atomic mass is 9.85. The Labute approximate surface area is 468 Å². The number of hydroxylamine groups is 2. The molecular weight excluding hydrogens is 1080 g/mol. The molecule has 0 spiro atoms. The van der Waals surface area contributed by atoms with E-state index in [0.29, 0.717) is 60.2 Å². The second-order valence-corrected chi connectivity index (χ2v) is 22.6. The van der Waals surface area contributed by atoms with Crippen LogP contribution in [-0.2, 0) is 79.6 Å². The Balaban J connectivity index is 1.38. The number of aromatic nitrogens is 1. The van der Waals surface area contributed by atoms with Gasteiger partial charge in [0.2, 0.25) is 41.4 Å². The zero-order valence-electron chi connectivity index (χ0n) is 45.5. The number of aliphatic hydroxyl groups excluding tert-OH is 3. The summed E-state index contributed by atoms with van der Waals surface area (Å²) in [5, 5.41) is 45.0. The third kappa shape index (κ3) is 16.7. The van der Waals surface area contributed by atoms with Gasteiger partial charge in [-0.05, 0) is 42.9 Å². The van der Waals surface area contributed by atoms with Crippen molar-refractivity contribution in [3.63, 3.8) is 0 Å². The summed E-state index contributed by atoms with van der Waals surface area (Å²) in [6.07, 6.45) is -2.25. The fourth-order valence-corrected chi connectivity index (χ4v) is 11.6. The van der Waals surface area contributed by atoms with Crippen LogP contribution in [0.25, 0.3) is 10.9 Å². The van der Waals surface area contributed by atoms with Crippen LogP contribution < -0.4 is 37.1 Å². The average Bonchev–Trinajstić information content (AvgIpc) is 4.05. The fourth-order valence-electron chi connectivity index (χ4n) is 10.2. The summed E-state index contributed by atoms with van der Waals surface area (Å²) < 4.78 is 21.1. The number of H-pyrrole nitrogens is 1. The molecule has 2 fully saturated rings. The van der Waals surface area contributed by atoms with E-state index in [2.05, 4.69) is 31.6 Å². The quantitative estimate of drug-likeness (QED) is 0.0598. The number of primary amides is 1. The minimum Gasteiger partial charge on any atom is -0.494 e. The number of fused-ring (bicyclic) bond motifs is 5. The largest absolute Gasteiger partial charge is 0.494 e. The van der Waals surface area contributed by atoms with Crippen molar-refractivity contribution in [2.75, 3.05) is 38.6 Å². The van der Waals surface area contributed by atoms with Gasteiger partial charge in [0.15, 0.2) is 11.6 Å². The number of unbranched alkanes of at least 4 members (excludes halogenated alkanes) is 4. The summed E-state index contributed by atoms with van der Waals surface area (Å²) in [7, 11) is -2.38. The molecule has 1 aromatic heterocycles. The van der Waals surface area contributed by atoms with E-state index < -0.39 is 199 Å². The summed E-state index contributed by atoms with van der Waals surface area (Å²) in [5.41, 5.74) is 6.04. The summed E-state index contributed by atoms with van der Waals surface area (Å²) in [4.78, 5) is 171. The van der Waals surface area contributed by atoms with Gasteiger partial charge in [-0.2, -0.15) is 0 Å². The lowest BCUT2D eigenvalue weighted by Gasteiger charge is -2.32. The molecule has 0 saturated carbocycles. The fraction of sp³-hybridized carbons (Fsp3) is 0.623. The van der Waals surface area contributed by atoms with E-state index in [9.17, 15) is 72.9 Å². The zero-order valence-corrected chi connectivity index (χ0v) is 46.3. The Bertz CT molecular complexity index is 2750. The van der Waals surface area contributed by atoms with E-state index in [1.54, 1.807) is 32.0 Å². The molecule has 1 aromatic carbocycles. The second-order valence-electron chi connectivity index (χ2n) is 21.1. The van der Waals surface area contributed by atoms with E-state index in [4.69, 9.17) is 15.3 Å². The van der Waals surface area contributed by atoms with Crippen LogP contribution in [0.1, 0.15) is 110 Å². The zero-order chi connectivity index (χ0) is 59.2. The van der Waals surface area contributed by atoms with Crippen molar-refractivity contribution in [1.29, 1.82) is 0 Å². The molecule has 11 N–H and O–H groups in total. The Morgan fingerprint density at radius 1 is 0.852 bits per heavy atom. The normalized spacial score (nSPS) is 26.1. The molecular formula is C53H73N9O18S. The first-order valence-electron chi connectivity index (χ1n) is 27.3. The van der Waals surface area contributed by atoms with Crippen molar-refractivity contribution in [2.24, 2.45) is 29.4 Å². The molecule has 2 aromatic rings. The van der Waals surface area contributed by atoms with Gasteiger partial charge >= 0.3 is 5.97 Å². The maximum Gasteiger partial charge on any atom is 0.333 e. The highest BCUT2D eigenvalue weighted by atomic mass is 32.2. The number of nitrogens with one attached hydrogen (secondary N) is 6. The number of nitrogens with two attached hydrogens (primary N) is 1. The minimum absolute atomic E-state index is 0.00824. The van der Waals surface area contributed by atoms with E-state index in [1.807, 2.05) is 0 Å². The van der Waals surface area contributed by atoms with Crippen molar-refractivity contribution >= 4 is 92.4 Å². The van der Waals surface area contributed by atoms with Gasteiger partial charge < -0.3 is 67.1 Å². The Morgan fingerprint density at radius 3 is 2.23 bits per heavy atom. The molecule has 444 valence electrons. The number of amides is 9. The van der Waals surface area contributed by atoms with Crippen LogP contribution in [0.15, 0.2) is 23.2 Å². The molecule has 0 aliphatic carbocycles. The topological polar surface area (TPSA) is 410 Å². The molecule has 4 aliphatic heterocycles. The van der Waals surface area contributed by atoms with Crippen LogP contribution in [0.2, 0.25) is 0 Å². The predicted octanol–water partition coefficient (Wildman–Crippen LogP) is -2.12. The Hall–Kier alpha value is -7.17. The SMILES string of the molecule is CC[C@H](C)[C@@H]1CC(=O)CNC(=O)[C@H]2CC(=O)[C@H]([C@@H](C)[C@@H](O)CO)NC(=O)[C@@H]3C[C@@H](O)CN3C(=O)[C@H](CC(N)=O)NC(=O)[C@H](CS(=O)c3[nH]c4cc(OCCCCCCCC(=O)ON5C(=O)CCC5=O)ccc4c3C2)NC(=O)CNC1=O. The smallest absolute Gasteiger partial charge is 0.333 e. The minimum atomic E-state index is -2.38. The van der Waals surface area contributed by atoms with Crippen LogP contribution in [0.4, 0.5) is 0 Å². The van der Waals surface area contributed by atoms with Gasteiger partial charge in [0.1, 0.15) is 28.9 Å². The van der Waals surface area contributed by atoms with Crippen molar-refractivity contribution in [1.82, 2.24) is 41.5 Å². The van der Waals surface area contributed by atoms with E-state index >= 15 is 4.21 Å². The number of hydrogen-bond donors (Lipinski definition) is 10. The molecule has 4 aliphatic rings. The molecule has 81 heavy (non-hydrogen) atoms. The number of rotatable bonds is 17. The summed E-state index contributed by atoms with van der Waals surface area (Å²) in [6.45, 7) is 2.33. The van der Waals surface area contributed by atoms with Gasteiger partial charge in [0.05, 0.1) is 73.0 Å². The van der Waals surface area contributed by atoms with Crippen molar-refractivity contribution < 1.29 is 86.6 Å². The van der Waals surface area contributed by atoms with Crippen LogP contribution in [-0.4, -0.2) is 180 Å². The summed E-state index contributed by atoms with van der Waals surface area (Å²) >= 11 is 0. The maximum absolute atomic E-state index is 15.0. The molecule has 27 nitrogen and oxygen atoms in total. The number of aromatic amines is 1. The molecule has 11 atom stereocenters. The molecule has 9 amide bonds. The average molecular weight is 1160 g/mol. The first kappa shape index (κ1) is 63.0. The molecule has 5 heterocycles. The molecule has 2 bridgehead atoms. The summed E-state index contributed by atoms with van der Waals surface area (Å²) in [6, 6.07) is -2.12. The lowest BCUT2D eigenvalue weighted by Crippen LogP contribution is -2.60. The number of benzene rings is 1. The van der Waals surface area contributed by atoms with Crippen molar-refractivity contribution in [3.05, 3.63) is 23.8 Å². The number of nitrogens with zero attached hydrogens (tertiary/aromatic N) is 2. The molecule has 28 heteroatoms. The van der Waals surface area contributed by atoms with E-state index in [1.165, 1.54) is 6.92 Å². The lowest BCUT2D eigenvalue weighted by molar-refractivity contribution is -0.197. The summed E-state index contributed by atoms with van der Waals surface area (Å²) in [5.74, 6) is -14.7. The molecule has 0 radical (unpaired) electrons. The first-order chi connectivity index (χ1) is 38.5. The number of ether oxygens (including phenoxy) is 1. The highest BCUT2D eigenvalue weighted by Gasteiger charge is 2.45. The monoisotopic (exact) mass is 1160 g/mol. The van der Waals surface area contributed by atoms with Crippen LogP contribution in [0.5, 0.6) is 5.75 Å². The number of carbonyl (C=O) groups is 12. The van der Waals surface area contributed by atoms with Gasteiger partial charge in [-0.25, -0.2) is 4.79 Å².